The first-order valence-corrected chi connectivity index (χ1v) is 7.16. The number of likely N-dealkylation sites (tertiary alicyclic amines) is 1. The second-order valence-corrected chi connectivity index (χ2v) is 5.96. The summed E-state index contributed by atoms with van der Waals surface area (Å²) in [6.07, 6.45) is 2.12. The Morgan fingerprint density at radius 3 is 3.00 bits per heavy atom. The molecule has 2 heterocycles. The molecule has 1 fully saturated rings. The maximum absolute atomic E-state index is 12.4. The van der Waals surface area contributed by atoms with Gasteiger partial charge in [-0.15, -0.1) is 0 Å². The van der Waals surface area contributed by atoms with E-state index in [9.17, 15) is 4.79 Å². The highest BCUT2D eigenvalue weighted by atomic mass is 16.5. The number of fused-ring (bicyclic) bond motifs is 1. The normalized spacial score (nSPS) is 26.2. The zero-order valence-corrected chi connectivity index (χ0v) is 11.7. The van der Waals surface area contributed by atoms with Crippen molar-refractivity contribution in [2.24, 2.45) is 5.92 Å². The third-order valence-corrected chi connectivity index (χ3v) is 4.27. The highest BCUT2D eigenvalue weighted by molar-refractivity contribution is 5.98. The Hall–Kier alpha value is -1.35. The summed E-state index contributed by atoms with van der Waals surface area (Å²) in [6.45, 7) is 6.81. The van der Waals surface area contributed by atoms with Gasteiger partial charge in [0.05, 0.1) is 13.2 Å². The largest absolute Gasteiger partial charge is 0.493 e. The summed E-state index contributed by atoms with van der Waals surface area (Å²) in [7, 11) is 0. The summed E-state index contributed by atoms with van der Waals surface area (Å²) in [5.74, 6) is 1.88. The molecule has 19 heavy (non-hydrogen) atoms. The average Bonchev–Trinajstić information content (AvgIpc) is 2.95. The molecule has 3 nitrogen and oxygen atoms in total. The molecule has 0 radical (unpaired) electrons. The standard InChI is InChI=1S/C16H21NO2/c1-11-7-12(2)17(9-11)10-15(18)13-3-4-16-14(8-13)5-6-19-16/h3-4,8,11-12H,5-7,9-10H2,1-2H3. The highest BCUT2D eigenvalue weighted by Gasteiger charge is 2.28. The van der Waals surface area contributed by atoms with Gasteiger partial charge in [0.2, 0.25) is 0 Å². The van der Waals surface area contributed by atoms with Crippen molar-refractivity contribution in [1.82, 2.24) is 4.90 Å². The lowest BCUT2D eigenvalue weighted by molar-refractivity contribution is 0.0925. The smallest absolute Gasteiger partial charge is 0.176 e. The fraction of sp³-hybridized carbons (Fsp3) is 0.562. The minimum Gasteiger partial charge on any atom is -0.493 e. The van der Waals surface area contributed by atoms with Crippen LogP contribution in [0.25, 0.3) is 0 Å². The second-order valence-electron chi connectivity index (χ2n) is 5.96. The van der Waals surface area contributed by atoms with Crippen LogP contribution in [0.1, 0.15) is 36.2 Å². The number of carbonyl (C=O) groups is 1. The molecule has 2 aliphatic rings. The fourth-order valence-corrected chi connectivity index (χ4v) is 3.24. The predicted octanol–water partition coefficient (Wildman–Crippen LogP) is 2.53. The molecule has 1 saturated heterocycles. The van der Waals surface area contributed by atoms with Gasteiger partial charge in [-0.05, 0) is 43.0 Å². The summed E-state index contributed by atoms with van der Waals surface area (Å²) < 4.78 is 5.48. The maximum atomic E-state index is 12.4. The molecule has 1 aromatic rings. The van der Waals surface area contributed by atoms with Gasteiger partial charge in [-0.25, -0.2) is 0 Å². The quantitative estimate of drug-likeness (QED) is 0.781. The van der Waals surface area contributed by atoms with Gasteiger partial charge in [-0.3, -0.25) is 9.69 Å². The number of ether oxygens (including phenoxy) is 1. The molecule has 0 aliphatic carbocycles. The average molecular weight is 259 g/mol. The van der Waals surface area contributed by atoms with Crippen LogP contribution in [0.4, 0.5) is 0 Å². The lowest BCUT2D eigenvalue weighted by atomic mass is 10.0. The third-order valence-electron chi connectivity index (χ3n) is 4.27. The van der Waals surface area contributed by atoms with Crippen molar-refractivity contribution >= 4 is 5.78 Å². The van der Waals surface area contributed by atoms with E-state index >= 15 is 0 Å². The molecule has 0 amide bonds. The Morgan fingerprint density at radius 2 is 2.26 bits per heavy atom. The van der Waals surface area contributed by atoms with E-state index in [1.165, 1.54) is 12.0 Å². The van der Waals surface area contributed by atoms with E-state index in [0.29, 0.717) is 18.5 Å². The van der Waals surface area contributed by atoms with Gasteiger partial charge in [0.1, 0.15) is 5.75 Å². The zero-order valence-electron chi connectivity index (χ0n) is 11.7. The maximum Gasteiger partial charge on any atom is 0.176 e. The molecule has 3 heteroatoms. The first-order valence-electron chi connectivity index (χ1n) is 7.16. The second kappa shape index (κ2) is 4.97. The summed E-state index contributed by atoms with van der Waals surface area (Å²) in [5, 5.41) is 0. The summed E-state index contributed by atoms with van der Waals surface area (Å²) in [6, 6.07) is 6.37. The van der Waals surface area contributed by atoms with Crippen molar-refractivity contribution in [3.05, 3.63) is 29.3 Å². The Kier molecular flexibility index (Phi) is 3.31. The Bertz CT molecular complexity index is 498. The van der Waals surface area contributed by atoms with Crippen molar-refractivity contribution in [3.63, 3.8) is 0 Å². The predicted molar refractivity (Wildman–Crippen MR) is 74.8 cm³/mol. The molecule has 0 N–H and O–H groups in total. The van der Waals surface area contributed by atoms with Gasteiger partial charge in [-0.2, -0.15) is 0 Å². The van der Waals surface area contributed by atoms with Crippen LogP contribution in [0.3, 0.4) is 0 Å². The number of rotatable bonds is 3. The molecular weight excluding hydrogens is 238 g/mol. The molecule has 0 saturated carbocycles. The molecular formula is C16H21NO2. The summed E-state index contributed by atoms with van der Waals surface area (Å²) in [5.41, 5.74) is 2.00. The highest BCUT2D eigenvalue weighted by Crippen LogP contribution is 2.27. The molecule has 102 valence electrons. The number of hydrogen-bond acceptors (Lipinski definition) is 3. The number of nitrogens with zero attached hydrogens (tertiary/aromatic N) is 1. The van der Waals surface area contributed by atoms with Crippen LogP contribution < -0.4 is 4.74 Å². The topological polar surface area (TPSA) is 29.5 Å². The van der Waals surface area contributed by atoms with E-state index in [-0.39, 0.29) is 5.78 Å². The SMILES string of the molecule is CC1CC(C)N(CC(=O)c2ccc3c(c2)CCO3)C1. The van der Waals surface area contributed by atoms with Gasteiger partial charge in [0.15, 0.2) is 5.78 Å². The van der Waals surface area contributed by atoms with E-state index in [1.54, 1.807) is 0 Å². The van der Waals surface area contributed by atoms with Gasteiger partial charge < -0.3 is 4.74 Å². The molecule has 1 aromatic carbocycles. The Morgan fingerprint density at radius 1 is 1.42 bits per heavy atom. The van der Waals surface area contributed by atoms with Gasteiger partial charge in [-0.1, -0.05) is 6.92 Å². The van der Waals surface area contributed by atoms with Crippen LogP contribution in [0.15, 0.2) is 18.2 Å². The van der Waals surface area contributed by atoms with Crippen LogP contribution in [0, 0.1) is 5.92 Å². The van der Waals surface area contributed by atoms with Gasteiger partial charge >= 0.3 is 0 Å². The van der Waals surface area contributed by atoms with Crippen molar-refractivity contribution in [1.29, 1.82) is 0 Å². The van der Waals surface area contributed by atoms with Crippen molar-refractivity contribution in [2.75, 3.05) is 19.7 Å². The van der Waals surface area contributed by atoms with Crippen molar-refractivity contribution in [3.8, 4) is 5.75 Å². The molecule has 3 rings (SSSR count). The van der Waals surface area contributed by atoms with E-state index in [1.807, 2.05) is 18.2 Å². The number of carbonyl (C=O) groups excluding carboxylic acids is 1. The third kappa shape index (κ3) is 2.52. The van der Waals surface area contributed by atoms with Crippen LogP contribution >= 0.6 is 0 Å². The van der Waals surface area contributed by atoms with Crippen LogP contribution in [-0.2, 0) is 6.42 Å². The van der Waals surface area contributed by atoms with Crippen LogP contribution in [-0.4, -0.2) is 36.4 Å². The lowest BCUT2D eigenvalue weighted by Gasteiger charge is -2.20. The molecule has 0 bridgehead atoms. The van der Waals surface area contributed by atoms with E-state index in [4.69, 9.17) is 4.74 Å². The Balaban J connectivity index is 1.70. The van der Waals surface area contributed by atoms with E-state index in [2.05, 4.69) is 18.7 Å². The monoisotopic (exact) mass is 259 g/mol. The van der Waals surface area contributed by atoms with Crippen molar-refractivity contribution in [2.45, 2.75) is 32.7 Å². The minimum absolute atomic E-state index is 0.232. The van der Waals surface area contributed by atoms with E-state index in [0.717, 1.165) is 30.9 Å². The summed E-state index contributed by atoms with van der Waals surface area (Å²) >= 11 is 0. The Labute approximate surface area is 114 Å². The first kappa shape index (κ1) is 12.7. The van der Waals surface area contributed by atoms with Crippen LogP contribution in [0.5, 0.6) is 5.75 Å². The number of benzene rings is 1. The lowest BCUT2D eigenvalue weighted by Crippen LogP contribution is -2.32. The molecule has 2 atom stereocenters. The minimum atomic E-state index is 0.232. The zero-order chi connectivity index (χ0) is 13.4. The number of hydrogen-bond donors (Lipinski definition) is 0. The molecule has 2 aliphatic heterocycles. The first-order chi connectivity index (χ1) is 9.13. The van der Waals surface area contributed by atoms with Crippen molar-refractivity contribution < 1.29 is 9.53 Å². The van der Waals surface area contributed by atoms with E-state index < -0.39 is 0 Å². The number of ketones is 1. The van der Waals surface area contributed by atoms with Gasteiger partial charge in [0, 0.05) is 24.6 Å². The van der Waals surface area contributed by atoms with Gasteiger partial charge in [0.25, 0.3) is 0 Å². The summed E-state index contributed by atoms with van der Waals surface area (Å²) in [4.78, 5) is 14.7. The van der Waals surface area contributed by atoms with Crippen LogP contribution in [0.2, 0.25) is 0 Å². The molecule has 0 spiro atoms. The molecule has 0 aromatic heterocycles. The number of Topliss-reactive ketones (excluding diaryl/α,β-unsaturated/α-hetero) is 1. The fourth-order valence-electron chi connectivity index (χ4n) is 3.24. The molecule has 2 unspecified atom stereocenters.